The van der Waals surface area contributed by atoms with Gasteiger partial charge in [0.1, 0.15) is 0 Å². The molecule has 11 heavy (non-hydrogen) atoms. The summed E-state index contributed by atoms with van der Waals surface area (Å²) in [5.41, 5.74) is 0. The first-order valence-electron chi connectivity index (χ1n) is 4.09. The van der Waals surface area contributed by atoms with Crippen LogP contribution in [0.1, 0.15) is 19.8 Å². The van der Waals surface area contributed by atoms with Crippen molar-refractivity contribution in [1.29, 1.82) is 0 Å². The van der Waals surface area contributed by atoms with Gasteiger partial charge in [0.05, 0.1) is 19.1 Å². The Hall–Kier alpha value is -0.570. The van der Waals surface area contributed by atoms with Crippen molar-refractivity contribution in [2.45, 2.75) is 19.8 Å². The number of ether oxygens (including phenoxy) is 2. The minimum atomic E-state index is -0.104. The molecule has 3 nitrogen and oxygen atoms in total. The molecule has 0 spiro atoms. The van der Waals surface area contributed by atoms with Crippen molar-refractivity contribution in [3.63, 3.8) is 0 Å². The van der Waals surface area contributed by atoms with Gasteiger partial charge in [0.25, 0.3) is 0 Å². The second-order valence-corrected chi connectivity index (χ2v) is 2.67. The van der Waals surface area contributed by atoms with Crippen molar-refractivity contribution in [1.82, 2.24) is 0 Å². The molecule has 1 heterocycles. The first-order valence-corrected chi connectivity index (χ1v) is 4.09. The van der Waals surface area contributed by atoms with E-state index < -0.39 is 0 Å². The van der Waals surface area contributed by atoms with Crippen LogP contribution in [-0.4, -0.2) is 25.8 Å². The summed E-state index contributed by atoms with van der Waals surface area (Å²) in [5.74, 6) is -0.115. The number of carbonyl (C=O) groups is 1. The van der Waals surface area contributed by atoms with E-state index in [4.69, 9.17) is 9.47 Å². The van der Waals surface area contributed by atoms with E-state index in [1.165, 1.54) is 0 Å². The van der Waals surface area contributed by atoms with Crippen LogP contribution in [0.3, 0.4) is 0 Å². The van der Waals surface area contributed by atoms with Gasteiger partial charge in [-0.1, -0.05) is 0 Å². The highest BCUT2D eigenvalue weighted by molar-refractivity contribution is 5.72. The Morgan fingerprint density at radius 2 is 2.55 bits per heavy atom. The summed E-state index contributed by atoms with van der Waals surface area (Å²) in [4.78, 5) is 11.1. The largest absolute Gasteiger partial charge is 0.466 e. The van der Waals surface area contributed by atoms with Crippen LogP contribution in [0.2, 0.25) is 0 Å². The summed E-state index contributed by atoms with van der Waals surface area (Å²) in [7, 11) is 0. The van der Waals surface area contributed by atoms with Gasteiger partial charge in [0, 0.05) is 6.61 Å². The fraction of sp³-hybridized carbons (Fsp3) is 0.875. The van der Waals surface area contributed by atoms with Crippen LogP contribution in [0, 0.1) is 5.92 Å². The van der Waals surface area contributed by atoms with Gasteiger partial charge < -0.3 is 9.47 Å². The maximum atomic E-state index is 11.1. The summed E-state index contributed by atoms with van der Waals surface area (Å²) >= 11 is 0. The summed E-state index contributed by atoms with van der Waals surface area (Å²) in [6.07, 6.45) is 1.89. The van der Waals surface area contributed by atoms with Crippen LogP contribution in [-0.2, 0) is 14.3 Å². The zero-order chi connectivity index (χ0) is 8.10. The highest BCUT2D eigenvalue weighted by Crippen LogP contribution is 2.14. The smallest absolute Gasteiger partial charge is 0.311 e. The topological polar surface area (TPSA) is 35.5 Å². The molecule has 1 aliphatic heterocycles. The average Bonchev–Trinajstić information content (AvgIpc) is 2.07. The maximum absolute atomic E-state index is 11.1. The van der Waals surface area contributed by atoms with E-state index in [9.17, 15) is 4.79 Å². The molecule has 0 unspecified atom stereocenters. The maximum Gasteiger partial charge on any atom is 0.311 e. The molecule has 1 aliphatic rings. The Bertz CT molecular complexity index is 127. The lowest BCUT2D eigenvalue weighted by Crippen LogP contribution is -2.26. The molecule has 1 fully saturated rings. The molecule has 0 bridgehead atoms. The molecular formula is C8H14O3. The van der Waals surface area contributed by atoms with Crippen LogP contribution in [0.25, 0.3) is 0 Å². The first kappa shape index (κ1) is 8.53. The number of hydrogen-bond donors (Lipinski definition) is 0. The van der Waals surface area contributed by atoms with Crippen molar-refractivity contribution in [2.24, 2.45) is 5.92 Å². The minimum Gasteiger partial charge on any atom is -0.466 e. The van der Waals surface area contributed by atoms with Gasteiger partial charge in [-0.25, -0.2) is 0 Å². The van der Waals surface area contributed by atoms with E-state index in [0.29, 0.717) is 13.2 Å². The first-order chi connectivity index (χ1) is 5.34. The van der Waals surface area contributed by atoms with Crippen molar-refractivity contribution in [2.75, 3.05) is 19.8 Å². The van der Waals surface area contributed by atoms with E-state index in [-0.39, 0.29) is 11.9 Å². The predicted molar refractivity (Wildman–Crippen MR) is 40.2 cm³/mol. The number of hydrogen-bond acceptors (Lipinski definition) is 3. The van der Waals surface area contributed by atoms with Crippen molar-refractivity contribution < 1.29 is 14.3 Å². The van der Waals surface area contributed by atoms with Gasteiger partial charge in [-0.3, -0.25) is 4.79 Å². The average molecular weight is 158 g/mol. The summed E-state index contributed by atoms with van der Waals surface area (Å²) in [5, 5.41) is 0. The second kappa shape index (κ2) is 4.34. The number of rotatable bonds is 2. The molecule has 0 aliphatic carbocycles. The van der Waals surface area contributed by atoms with E-state index in [1.54, 1.807) is 0 Å². The predicted octanol–water partition coefficient (Wildman–Crippen LogP) is 0.976. The Labute approximate surface area is 66.7 Å². The molecule has 0 N–H and O–H groups in total. The molecule has 1 saturated heterocycles. The monoisotopic (exact) mass is 158 g/mol. The molecule has 1 rings (SSSR count). The summed E-state index contributed by atoms with van der Waals surface area (Å²) in [6.45, 7) is 3.62. The lowest BCUT2D eigenvalue weighted by Gasteiger charge is -2.19. The lowest BCUT2D eigenvalue weighted by atomic mass is 10.0. The van der Waals surface area contributed by atoms with Crippen LogP contribution < -0.4 is 0 Å². The van der Waals surface area contributed by atoms with E-state index in [0.717, 1.165) is 19.4 Å². The number of carbonyl (C=O) groups excluding carboxylic acids is 1. The fourth-order valence-corrected chi connectivity index (χ4v) is 1.19. The zero-order valence-electron chi connectivity index (χ0n) is 6.84. The van der Waals surface area contributed by atoms with Gasteiger partial charge >= 0.3 is 5.97 Å². The molecule has 1 atom stereocenters. The molecule has 0 amide bonds. The Morgan fingerprint density at radius 1 is 1.73 bits per heavy atom. The lowest BCUT2D eigenvalue weighted by molar-refractivity contribution is -0.152. The highest BCUT2D eigenvalue weighted by Gasteiger charge is 2.22. The van der Waals surface area contributed by atoms with E-state index in [1.807, 2.05) is 6.92 Å². The van der Waals surface area contributed by atoms with Crippen molar-refractivity contribution >= 4 is 5.97 Å². The third kappa shape index (κ3) is 2.50. The van der Waals surface area contributed by atoms with E-state index in [2.05, 4.69) is 0 Å². The third-order valence-electron chi connectivity index (χ3n) is 1.78. The van der Waals surface area contributed by atoms with Crippen LogP contribution in [0.15, 0.2) is 0 Å². The normalized spacial score (nSPS) is 24.6. The quantitative estimate of drug-likeness (QED) is 0.562. The van der Waals surface area contributed by atoms with Crippen molar-refractivity contribution in [3.8, 4) is 0 Å². The molecule has 0 radical (unpaired) electrons. The van der Waals surface area contributed by atoms with Gasteiger partial charge in [0.15, 0.2) is 0 Å². The van der Waals surface area contributed by atoms with Gasteiger partial charge in [0.2, 0.25) is 0 Å². The van der Waals surface area contributed by atoms with Crippen LogP contribution >= 0.6 is 0 Å². The number of esters is 1. The van der Waals surface area contributed by atoms with Crippen LogP contribution in [0.5, 0.6) is 0 Å². The molecular weight excluding hydrogens is 144 g/mol. The van der Waals surface area contributed by atoms with Crippen molar-refractivity contribution in [3.05, 3.63) is 0 Å². The molecule has 3 heteroatoms. The minimum absolute atomic E-state index is 0.0105. The standard InChI is InChI=1S/C8H14O3/c1-2-11-8(9)7-4-3-5-10-6-7/h7H,2-6H2,1H3/t7-/m0/s1. The fourth-order valence-electron chi connectivity index (χ4n) is 1.19. The Balaban J connectivity index is 2.27. The molecule has 0 aromatic carbocycles. The summed E-state index contributed by atoms with van der Waals surface area (Å²) in [6, 6.07) is 0. The molecule has 0 aromatic heterocycles. The van der Waals surface area contributed by atoms with Gasteiger partial charge in [-0.05, 0) is 19.8 Å². The molecule has 0 saturated carbocycles. The Kier molecular flexibility index (Phi) is 3.36. The van der Waals surface area contributed by atoms with E-state index >= 15 is 0 Å². The summed E-state index contributed by atoms with van der Waals surface area (Å²) < 4.78 is 10.0. The Morgan fingerprint density at radius 3 is 3.09 bits per heavy atom. The molecule has 64 valence electrons. The highest BCUT2D eigenvalue weighted by atomic mass is 16.5. The second-order valence-electron chi connectivity index (χ2n) is 2.67. The van der Waals surface area contributed by atoms with Gasteiger partial charge in [-0.2, -0.15) is 0 Å². The zero-order valence-corrected chi connectivity index (χ0v) is 6.84. The third-order valence-corrected chi connectivity index (χ3v) is 1.78. The van der Waals surface area contributed by atoms with Gasteiger partial charge in [-0.15, -0.1) is 0 Å². The SMILES string of the molecule is CCOC(=O)[C@H]1CCCOC1. The molecule has 0 aromatic rings. The van der Waals surface area contributed by atoms with Crippen LogP contribution in [0.4, 0.5) is 0 Å².